The number of nitrogens with one attached hydrogen (secondary N) is 1. The summed E-state index contributed by atoms with van der Waals surface area (Å²) in [6, 6.07) is 26.9. The molecule has 8 heteroatoms. The van der Waals surface area contributed by atoms with Gasteiger partial charge in [0.1, 0.15) is 5.69 Å². The Morgan fingerprint density at radius 2 is 1.56 bits per heavy atom. The molecule has 0 bridgehead atoms. The van der Waals surface area contributed by atoms with Gasteiger partial charge in [0.05, 0.1) is 22.8 Å². The first-order valence-corrected chi connectivity index (χ1v) is 12.0. The monoisotopic (exact) mass is 487 g/mol. The minimum absolute atomic E-state index is 0.124. The summed E-state index contributed by atoms with van der Waals surface area (Å²) >= 11 is 7.59. The number of hydrogen-bond acceptors (Lipinski definition) is 4. The summed E-state index contributed by atoms with van der Waals surface area (Å²) in [5.74, 6) is 0. The van der Waals surface area contributed by atoms with Crippen LogP contribution in [0.1, 0.15) is 5.69 Å². The number of thiazole rings is 1. The second kappa shape index (κ2) is 9.21. The summed E-state index contributed by atoms with van der Waals surface area (Å²) in [6.07, 6.45) is 0. The number of halogens is 1. The minimum Gasteiger partial charge on any atom is -0.283 e. The van der Waals surface area contributed by atoms with Crippen LogP contribution in [0, 0.1) is 6.92 Å². The summed E-state index contributed by atoms with van der Waals surface area (Å²) < 4.78 is 5.47. The van der Waals surface area contributed by atoms with Gasteiger partial charge in [-0.3, -0.25) is 19.5 Å². The van der Waals surface area contributed by atoms with E-state index >= 15 is 0 Å². The molecule has 0 aliphatic heterocycles. The molecule has 5 rings (SSSR count). The molecule has 0 aliphatic carbocycles. The fourth-order valence-electron chi connectivity index (χ4n) is 3.86. The maximum absolute atomic E-state index is 13.8. The molecule has 0 saturated carbocycles. The van der Waals surface area contributed by atoms with Crippen LogP contribution in [0.25, 0.3) is 22.6 Å². The Morgan fingerprint density at radius 3 is 2.24 bits per heavy atom. The Labute approximate surface area is 205 Å². The topological polar surface area (TPSA) is 56.2 Å². The number of aromatic nitrogens is 3. The molecule has 2 aromatic heterocycles. The van der Waals surface area contributed by atoms with Crippen LogP contribution in [0.5, 0.6) is 0 Å². The smallest absolute Gasteiger partial charge is 0.283 e. The maximum atomic E-state index is 13.8. The van der Waals surface area contributed by atoms with Crippen molar-refractivity contribution in [2.75, 3.05) is 5.43 Å². The molecule has 170 valence electrons. The molecule has 0 amide bonds. The van der Waals surface area contributed by atoms with Crippen LogP contribution >= 0.6 is 22.9 Å². The van der Waals surface area contributed by atoms with E-state index in [1.807, 2.05) is 114 Å². The Kier molecular flexibility index (Phi) is 5.96. The standard InChI is InChI=1S/C26H22ClN5OS/c1-18-24(25(33)32(30(18)2)22-11-7-4-8-12-22)31-23(19-13-15-20(27)16-14-19)17-34-26(31)29-28-21-9-5-3-6-10-21/h3-17,28H,1-2H3. The number of rotatable bonds is 5. The molecule has 6 nitrogen and oxygen atoms in total. The molecule has 0 unspecified atom stereocenters. The fourth-order valence-corrected chi connectivity index (χ4v) is 4.84. The average Bonchev–Trinajstić information content (AvgIpc) is 3.37. The van der Waals surface area contributed by atoms with Crippen molar-refractivity contribution in [2.24, 2.45) is 12.1 Å². The Morgan fingerprint density at radius 1 is 0.912 bits per heavy atom. The van der Waals surface area contributed by atoms with Crippen molar-refractivity contribution in [3.63, 3.8) is 0 Å². The molecular formula is C26H22ClN5OS. The highest BCUT2D eigenvalue weighted by Crippen LogP contribution is 2.26. The van der Waals surface area contributed by atoms with Crippen LogP contribution in [0.2, 0.25) is 5.02 Å². The van der Waals surface area contributed by atoms with E-state index in [4.69, 9.17) is 11.6 Å². The molecule has 0 radical (unpaired) electrons. The molecule has 3 aromatic carbocycles. The molecule has 0 atom stereocenters. The van der Waals surface area contributed by atoms with Gasteiger partial charge in [0, 0.05) is 17.5 Å². The van der Waals surface area contributed by atoms with E-state index < -0.39 is 0 Å². The van der Waals surface area contributed by atoms with Gasteiger partial charge in [-0.05, 0) is 48.9 Å². The van der Waals surface area contributed by atoms with E-state index in [1.54, 1.807) is 4.68 Å². The SMILES string of the molecule is Cc1c(-n2c(-c3ccc(Cl)cc3)csc2=NNc2ccccc2)c(=O)n(-c2ccccc2)n1C. The zero-order valence-corrected chi connectivity index (χ0v) is 20.2. The van der Waals surface area contributed by atoms with Crippen molar-refractivity contribution < 1.29 is 0 Å². The third-order valence-electron chi connectivity index (χ3n) is 5.65. The Balaban J connectivity index is 1.75. The van der Waals surface area contributed by atoms with Crippen LogP contribution in [0.3, 0.4) is 0 Å². The number of benzene rings is 3. The molecule has 2 heterocycles. The first kappa shape index (κ1) is 22.0. The van der Waals surface area contributed by atoms with Gasteiger partial charge < -0.3 is 0 Å². The van der Waals surface area contributed by atoms with Crippen LogP contribution < -0.4 is 15.8 Å². The summed E-state index contributed by atoms with van der Waals surface area (Å²) in [5.41, 5.74) is 7.83. The third kappa shape index (κ3) is 4.00. The zero-order valence-electron chi connectivity index (χ0n) is 18.6. The molecule has 0 saturated heterocycles. The van der Waals surface area contributed by atoms with E-state index in [2.05, 4.69) is 10.5 Å². The normalized spacial score (nSPS) is 11.7. The zero-order chi connectivity index (χ0) is 23.7. The van der Waals surface area contributed by atoms with Crippen molar-refractivity contribution in [3.8, 4) is 22.6 Å². The number of anilines is 1. The number of para-hydroxylation sites is 2. The molecular weight excluding hydrogens is 466 g/mol. The largest absolute Gasteiger partial charge is 0.296 e. The quantitative estimate of drug-likeness (QED) is 0.329. The van der Waals surface area contributed by atoms with Crippen molar-refractivity contribution in [1.82, 2.24) is 13.9 Å². The van der Waals surface area contributed by atoms with E-state index in [0.717, 1.165) is 28.3 Å². The van der Waals surface area contributed by atoms with Gasteiger partial charge in [-0.1, -0.05) is 60.1 Å². The second-order valence-corrected chi connectivity index (χ2v) is 9.02. The van der Waals surface area contributed by atoms with Gasteiger partial charge in [-0.15, -0.1) is 16.4 Å². The van der Waals surface area contributed by atoms with Crippen LogP contribution in [-0.2, 0) is 7.05 Å². The van der Waals surface area contributed by atoms with Gasteiger partial charge in [0.15, 0.2) is 0 Å². The molecule has 0 spiro atoms. The minimum atomic E-state index is -0.124. The van der Waals surface area contributed by atoms with Gasteiger partial charge in [-0.25, -0.2) is 4.68 Å². The van der Waals surface area contributed by atoms with Gasteiger partial charge in [0.25, 0.3) is 5.56 Å². The second-order valence-electron chi connectivity index (χ2n) is 7.75. The predicted molar refractivity (Wildman–Crippen MR) is 139 cm³/mol. The first-order valence-electron chi connectivity index (χ1n) is 10.7. The van der Waals surface area contributed by atoms with Crippen molar-refractivity contribution in [1.29, 1.82) is 0 Å². The van der Waals surface area contributed by atoms with E-state index in [1.165, 1.54) is 11.3 Å². The van der Waals surface area contributed by atoms with E-state index in [9.17, 15) is 4.79 Å². The highest BCUT2D eigenvalue weighted by molar-refractivity contribution is 7.07. The van der Waals surface area contributed by atoms with E-state index in [0.29, 0.717) is 15.5 Å². The Bertz CT molecular complexity index is 1560. The maximum Gasteiger partial charge on any atom is 0.296 e. The summed E-state index contributed by atoms with van der Waals surface area (Å²) in [4.78, 5) is 14.5. The van der Waals surface area contributed by atoms with Gasteiger partial charge in [-0.2, -0.15) is 0 Å². The highest BCUT2D eigenvalue weighted by Gasteiger charge is 2.22. The lowest BCUT2D eigenvalue weighted by Gasteiger charge is -2.09. The van der Waals surface area contributed by atoms with Crippen LogP contribution in [-0.4, -0.2) is 13.9 Å². The predicted octanol–water partition coefficient (Wildman–Crippen LogP) is 5.58. The average molecular weight is 488 g/mol. The number of nitrogens with zero attached hydrogens (tertiary/aromatic N) is 4. The molecule has 5 aromatic rings. The summed E-state index contributed by atoms with van der Waals surface area (Å²) in [7, 11) is 1.89. The fraction of sp³-hybridized carbons (Fsp3) is 0.0769. The lowest BCUT2D eigenvalue weighted by atomic mass is 10.1. The molecule has 34 heavy (non-hydrogen) atoms. The van der Waals surface area contributed by atoms with Gasteiger partial charge in [0.2, 0.25) is 4.80 Å². The van der Waals surface area contributed by atoms with E-state index in [-0.39, 0.29) is 5.56 Å². The lowest BCUT2D eigenvalue weighted by Crippen LogP contribution is -2.25. The van der Waals surface area contributed by atoms with Gasteiger partial charge >= 0.3 is 0 Å². The number of hydrogen-bond donors (Lipinski definition) is 1. The van der Waals surface area contributed by atoms with Crippen LogP contribution in [0.15, 0.2) is 100 Å². The lowest BCUT2D eigenvalue weighted by molar-refractivity contribution is 0.630. The summed E-state index contributed by atoms with van der Waals surface area (Å²) in [5, 5.41) is 7.32. The van der Waals surface area contributed by atoms with Crippen molar-refractivity contribution >= 4 is 28.6 Å². The highest BCUT2D eigenvalue weighted by atomic mass is 35.5. The first-order chi connectivity index (χ1) is 16.5. The third-order valence-corrected chi connectivity index (χ3v) is 6.73. The molecule has 0 aliphatic rings. The van der Waals surface area contributed by atoms with Crippen molar-refractivity contribution in [3.05, 3.63) is 116 Å². The van der Waals surface area contributed by atoms with Crippen molar-refractivity contribution in [2.45, 2.75) is 6.92 Å². The summed E-state index contributed by atoms with van der Waals surface area (Å²) in [6.45, 7) is 1.95. The molecule has 1 N–H and O–H groups in total. The molecule has 0 fully saturated rings. The van der Waals surface area contributed by atoms with Crippen LogP contribution in [0.4, 0.5) is 5.69 Å². The Hall–Kier alpha value is -3.81.